The SMILES string of the molecule is Cc1nc2ccccc2nc1S[C@@H](C)c1nc2sc(C)c(C)c2c(=O)[nH]1. The number of thiophene rings is 1. The Balaban J connectivity index is 1.72. The number of nitrogens with one attached hydrogen (secondary N) is 1. The van der Waals surface area contributed by atoms with E-state index in [9.17, 15) is 4.79 Å². The van der Waals surface area contributed by atoms with Gasteiger partial charge in [-0.3, -0.25) is 4.79 Å². The molecule has 26 heavy (non-hydrogen) atoms. The predicted octanol–water partition coefficient (Wildman–Crippen LogP) is 4.71. The second-order valence-corrected chi connectivity index (χ2v) is 8.81. The number of H-pyrrole nitrogens is 1. The molecule has 0 spiro atoms. The molecule has 0 amide bonds. The average molecular weight is 383 g/mol. The Labute approximate surface area is 158 Å². The first kappa shape index (κ1) is 17.2. The summed E-state index contributed by atoms with van der Waals surface area (Å²) < 4.78 is 0. The number of fused-ring (bicyclic) bond motifs is 2. The van der Waals surface area contributed by atoms with Crippen LogP contribution in [0.15, 0.2) is 34.1 Å². The van der Waals surface area contributed by atoms with Crippen molar-refractivity contribution in [2.24, 2.45) is 0 Å². The summed E-state index contributed by atoms with van der Waals surface area (Å²) in [6.45, 7) is 7.97. The maximum atomic E-state index is 12.5. The standard InChI is InChI=1S/C19H18N4OS2/c1-9-11(3)25-19-15(9)17(24)22-16(23-19)12(4)26-18-10(2)20-13-7-5-6-8-14(13)21-18/h5-8,12H,1-4H3,(H,22,23,24)/t12-/m0/s1. The Morgan fingerprint density at radius 1 is 1.08 bits per heavy atom. The third-order valence-electron chi connectivity index (χ3n) is 4.43. The number of para-hydroxylation sites is 2. The molecule has 132 valence electrons. The lowest BCUT2D eigenvalue weighted by Gasteiger charge is -2.12. The number of nitrogens with zero attached hydrogens (tertiary/aromatic N) is 3. The highest BCUT2D eigenvalue weighted by atomic mass is 32.2. The van der Waals surface area contributed by atoms with E-state index in [-0.39, 0.29) is 10.8 Å². The number of hydrogen-bond acceptors (Lipinski definition) is 6. The number of aromatic amines is 1. The number of thioether (sulfide) groups is 1. The molecule has 0 unspecified atom stereocenters. The first-order chi connectivity index (χ1) is 12.4. The minimum Gasteiger partial charge on any atom is -0.309 e. The van der Waals surface area contributed by atoms with Gasteiger partial charge in [-0.15, -0.1) is 11.3 Å². The van der Waals surface area contributed by atoms with E-state index in [1.54, 1.807) is 23.1 Å². The van der Waals surface area contributed by atoms with Gasteiger partial charge in [-0.2, -0.15) is 0 Å². The Hall–Kier alpha value is -2.25. The topological polar surface area (TPSA) is 71.5 Å². The molecule has 0 aliphatic carbocycles. The Morgan fingerprint density at radius 3 is 2.50 bits per heavy atom. The fourth-order valence-corrected chi connectivity index (χ4v) is 4.83. The highest BCUT2D eigenvalue weighted by Gasteiger charge is 2.18. The number of aryl methyl sites for hydroxylation is 3. The maximum absolute atomic E-state index is 12.5. The molecular weight excluding hydrogens is 364 g/mol. The van der Waals surface area contributed by atoms with Crippen LogP contribution in [0.3, 0.4) is 0 Å². The largest absolute Gasteiger partial charge is 0.309 e. The van der Waals surface area contributed by atoms with Crippen molar-refractivity contribution < 1.29 is 0 Å². The first-order valence-electron chi connectivity index (χ1n) is 8.34. The molecule has 1 atom stereocenters. The molecule has 0 radical (unpaired) electrons. The molecule has 0 fully saturated rings. The number of hydrogen-bond donors (Lipinski definition) is 1. The Kier molecular flexibility index (Phi) is 4.28. The van der Waals surface area contributed by atoms with Gasteiger partial charge in [0.05, 0.1) is 27.4 Å². The summed E-state index contributed by atoms with van der Waals surface area (Å²) in [6, 6.07) is 7.83. The van der Waals surface area contributed by atoms with E-state index in [0.29, 0.717) is 11.2 Å². The van der Waals surface area contributed by atoms with Crippen molar-refractivity contribution in [3.05, 3.63) is 56.6 Å². The van der Waals surface area contributed by atoms with Crippen LogP contribution >= 0.6 is 23.1 Å². The minimum absolute atomic E-state index is 0.0380. The van der Waals surface area contributed by atoms with Gasteiger partial charge in [0.25, 0.3) is 5.56 Å². The van der Waals surface area contributed by atoms with E-state index in [4.69, 9.17) is 9.97 Å². The number of benzene rings is 1. The molecule has 0 saturated carbocycles. The number of rotatable bonds is 3. The van der Waals surface area contributed by atoms with Crippen molar-refractivity contribution in [2.45, 2.75) is 38.0 Å². The summed E-state index contributed by atoms with van der Waals surface area (Å²) in [7, 11) is 0. The quantitative estimate of drug-likeness (QED) is 0.520. The second-order valence-electron chi connectivity index (χ2n) is 6.28. The van der Waals surface area contributed by atoms with Crippen molar-refractivity contribution in [1.82, 2.24) is 19.9 Å². The zero-order chi connectivity index (χ0) is 18.4. The first-order valence-corrected chi connectivity index (χ1v) is 10.0. The van der Waals surface area contributed by atoms with Crippen molar-refractivity contribution in [2.75, 3.05) is 0 Å². The normalized spacial score (nSPS) is 12.8. The van der Waals surface area contributed by atoms with Gasteiger partial charge in [-0.05, 0) is 45.4 Å². The van der Waals surface area contributed by atoms with Crippen molar-refractivity contribution in [3.63, 3.8) is 0 Å². The predicted molar refractivity (Wildman–Crippen MR) is 108 cm³/mol. The fraction of sp³-hybridized carbons (Fsp3) is 0.263. The van der Waals surface area contributed by atoms with E-state index in [1.807, 2.05) is 52.0 Å². The summed E-state index contributed by atoms with van der Waals surface area (Å²) >= 11 is 3.13. The molecule has 0 saturated heterocycles. The molecule has 1 aromatic carbocycles. The van der Waals surface area contributed by atoms with Crippen molar-refractivity contribution in [3.8, 4) is 0 Å². The van der Waals surface area contributed by atoms with E-state index < -0.39 is 0 Å². The molecule has 3 heterocycles. The van der Waals surface area contributed by atoms with E-state index in [1.165, 1.54) is 0 Å². The van der Waals surface area contributed by atoms with Gasteiger partial charge in [0.2, 0.25) is 0 Å². The third kappa shape index (κ3) is 2.91. The molecule has 5 nitrogen and oxygen atoms in total. The molecule has 4 rings (SSSR count). The summed E-state index contributed by atoms with van der Waals surface area (Å²) in [5.74, 6) is 0.670. The van der Waals surface area contributed by atoms with Crippen LogP contribution in [0, 0.1) is 20.8 Å². The third-order valence-corrected chi connectivity index (χ3v) is 6.72. The van der Waals surface area contributed by atoms with Gasteiger partial charge in [0, 0.05) is 4.88 Å². The fourth-order valence-electron chi connectivity index (χ4n) is 2.87. The van der Waals surface area contributed by atoms with E-state index >= 15 is 0 Å². The molecule has 0 aliphatic rings. The lowest BCUT2D eigenvalue weighted by Crippen LogP contribution is -2.12. The number of aromatic nitrogens is 4. The van der Waals surface area contributed by atoms with Crippen LogP contribution in [0.4, 0.5) is 0 Å². The highest BCUT2D eigenvalue weighted by Crippen LogP contribution is 2.35. The van der Waals surface area contributed by atoms with Crippen LogP contribution in [-0.4, -0.2) is 19.9 Å². The lowest BCUT2D eigenvalue weighted by atomic mass is 10.2. The lowest BCUT2D eigenvalue weighted by molar-refractivity contribution is 0.916. The minimum atomic E-state index is -0.0689. The highest BCUT2D eigenvalue weighted by molar-refractivity contribution is 7.99. The van der Waals surface area contributed by atoms with Crippen LogP contribution in [0.25, 0.3) is 21.3 Å². The maximum Gasteiger partial charge on any atom is 0.259 e. The van der Waals surface area contributed by atoms with Crippen LogP contribution in [0.5, 0.6) is 0 Å². The van der Waals surface area contributed by atoms with Crippen molar-refractivity contribution in [1.29, 1.82) is 0 Å². The van der Waals surface area contributed by atoms with Crippen LogP contribution < -0.4 is 5.56 Å². The zero-order valence-corrected chi connectivity index (χ0v) is 16.6. The second kappa shape index (κ2) is 6.48. The average Bonchev–Trinajstić information content (AvgIpc) is 2.90. The zero-order valence-electron chi connectivity index (χ0n) is 15.0. The van der Waals surface area contributed by atoms with Gasteiger partial charge in [0.15, 0.2) is 0 Å². The summed E-state index contributed by atoms with van der Waals surface area (Å²) in [6.07, 6.45) is 0. The summed E-state index contributed by atoms with van der Waals surface area (Å²) in [5.41, 5.74) is 3.59. The molecule has 0 aliphatic heterocycles. The van der Waals surface area contributed by atoms with Crippen LogP contribution in [0.1, 0.15) is 34.1 Å². The van der Waals surface area contributed by atoms with Gasteiger partial charge < -0.3 is 4.98 Å². The van der Waals surface area contributed by atoms with Gasteiger partial charge >= 0.3 is 0 Å². The Bertz CT molecular complexity index is 1200. The van der Waals surface area contributed by atoms with E-state index in [0.717, 1.165) is 37.0 Å². The molecule has 0 bridgehead atoms. The molecule has 4 aromatic rings. The summed E-state index contributed by atoms with van der Waals surface area (Å²) in [5, 5.41) is 1.52. The monoisotopic (exact) mass is 382 g/mol. The van der Waals surface area contributed by atoms with E-state index in [2.05, 4.69) is 9.97 Å². The molecule has 3 aromatic heterocycles. The summed E-state index contributed by atoms with van der Waals surface area (Å²) in [4.78, 5) is 31.4. The molecule has 7 heteroatoms. The van der Waals surface area contributed by atoms with Crippen molar-refractivity contribution >= 4 is 44.3 Å². The van der Waals surface area contributed by atoms with Crippen LogP contribution in [-0.2, 0) is 0 Å². The van der Waals surface area contributed by atoms with Crippen LogP contribution in [0.2, 0.25) is 0 Å². The Morgan fingerprint density at radius 2 is 1.77 bits per heavy atom. The smallest absolute Gasteiger partial charge is 0.259 e. The van der Waals surface area contributed by atoms with Gasteiger partial charge in [-0.1, -0.05) is 23.9 Å². The van der Waals surface area contributed by atoms with Gasteiger partial charge in [-0.25, -0.2) is 15.0 Å². The molecule has 1 N–H and O–H groups in total. The molecular formula is C19H18N4OS2. The van der Waals surface area contributed by atoms with Gasteiger partial charge in [0.1, 0.15) is 15.7 Å².